The molecule has 0 saturated carbocycles. The minimum absolute atomic E-state index is 0.0914. The van der Waals surface area contributed by atoms with Crippen molar-refractivity contribution in [3.63, 3.8) is 0 Å². The lowest BCUT2D eigenvalue weighted by Crippen LogP contribution is -2.75. The molecule has 4 N–H and O–H groups in total. The van der Waals surface area contributed by atoms with Crippen molar-refractivity contribution >= 4 is 11.8 Å². The van der Waals surface area contributed by atoms with E-state index >= 15 is 0 Å². The number of carbonyl (C=O) groups excluding carboxylic acids is 1. The molecule has 4 atom stereocenters. The molecule has 0 aromatic carbocycles. The zero-order valence-corrected chi connectivity index (χ0v) is 13.2. The van der Waals surface area contributed by atoms with Crippen LogP contribution in [-0.2, 0) is 9.59 Å². The summed E-state index contributed by atoms with van der Waals surface area (Å²) in [6.45, 7) is 5.46. The van der Waals surface area contributed by atoms with Crippen LogP contribution in [0.2, 0.25) is 0 Å². The molecule has 0 amide bonds. The minimum atomic E-state index is -0.916. The van der Waals surface area contributed by atoms with Crippen molar-refractivity contribution in [3.8, 4) is 0 Å². The molecule has 3 aliphatic rings. The number of ketones is 1. The topological polar surface area (TPSA) is 90.5 Å². The van der Waals surface area contributed by atoms with E-state index in [9.17, 15) is 14.7 Å². The Labute approximate surface area is 130 Å². The highest BCUT2D eigenvalue weighted by atomic mass is 16.4. The molecule has 0 radical (unpaired) electrons. The van der Waals surface area contributed by atoms with Crippen LogP contribution < -0.4 is 16.0 Å². The van der Waals surface area contributed by atoms with Crippen LogP contribution in [0.4, 0.5) is 0 Å². The summed E-state index contributed by atoms with van der Waals surface area (Å²) in [7, 11) is 0. The fourth-order valence-corrected chi connectivity index (χ4v) is 4.29. The van der Waals surface area contributed by atoms with Crippen LogP contribution in [-0.4, -0.2) is 47.6 Å². The summed E-state index contributed by atoms with van der Waals surface area (Å²) in [6.07, 6.45) is 3.63. The monoisotopic (exact) mass is 307 g/mol. The fourth-order valence-electron chi connectivity index (χ4n) is 4.29. The quantitative estimate of drug-likeness (QED) is 0.588. The molecule has 0 spiro atoms. The van der Waals surface area contributed by atoms with Gasteiger partial charge in [-0.05, 0) is 50.6 Å². The third-order valence-corrected chi connectivity index (χ3v) is 5.60. The second-order valence-electron chi connectivity index (χ2n) is 6.89. The van der Waals surface area contributed by atoms with E-state index in [0.717, 1.165) is 37.9 Å². The molecule has 0 unspecified atom stereocenters. The van der Waals surface area contributed by atoms with Crippen molar-refractivity contribution in [1.29, 1.82) is 0 Å². The van der Waals surface area contributed by atoms with Gasteiger partial charge in [0.2, 0.25) is 0 Å². The first-order valence-electron chi connectivity index (χ1n) is 8.16. The zero-order chi connectivity index (χ0) is 15.9. The van der Waals surface area contributed by atoms with E-state index in [-0.39, 0.29) is 17.7 Å². The minimum Gasteiger partial charge on any atom is -0.477 e. The number of Topliss-reactive ketones (excluding diaryl/α,β-unsaturated/α-hetero) is 1. The standard InChI is InChI=1S/C16H25N3O3/c1-9-8-18-16(9,10(2)20)13-7-11(14(19-13)15(21)22)6-12-4-3-5-17-12/h9,12-13,17-19H,3-8H2,1-2H3,(H,21,22)/t9-,12-,13+,16+/m0/s1. The molecular formula is C16H25N3O3. The Morgan fingerprint density at radius 1 is 1.41 bits per heavy atom. The largest absolute Gasteiger partial charge is 0.477 e. The smallest absolute Gasteiger partial charge is 0.351 e. The second-order valence-corrected chi connectivity index (χ2v) is 6.89. The van der Waals surface area contributed by atoms with Crippen LogP contribution in [0.3, 0.4) is 0 Å². The molecule has 3 aliphatic heterocycles. The van der Waals surface area contributed by atoms with Crippen LogP contribution in [0.5, 0.6) is 0 Å². The number of hydrogen-bond donors (Lipinski definition) is 4. The highest BCUT2D eigenvalue weighted by Crippen LogP contribution is 2.38. The maximum atomic E-state index is 12.2. The van der Waals surface area contributed by atoms with Gasteiger partial charge >= 0.3 is 5.97 Å². The molecule has 6 heteroatoms. The molecule has 2 saturated heterocycles. The molecule has 2 fully saturated rings. The van der Waals surface area contributed by atoms with Crippen molar-refractivity contribution < 1.29 is 14.7 Å². The highest BCUT2D eigenvalue weighted by Gasteiger charge is 2.55. The number of aliphatic carboxylic acids is 1. The van der Waals surface area contributed by atoms with Crippen molar-refractivity contribution in [2.75, 3.05) is 13.1 Å². The third kappa shape index (κ3) is 2.34. The molecule has 0 aromatic rings. The van der Waals surface area contributed by atoms with Crippen LogP contribution in [0.15, 0.2) is 11.3 Å². The van der Waals surface area contributed by atoms with Gasteiger partial charge in [0, 0.05) is 12.6 Å². The maximum Gasteiger partial charge on any atom is 0.351 e. The summed E-state index contributed by atoms with van der Waals surface area (Å²) in [6, 6.07) is 0.209. The summed E-state index contributed by atoms with van der Waals surface area (Å²) < 4.78 is 0. The number of nitrogens with one attached hydrogen (secondary N) is 3. The first-order valence-corrected chi connectivity index (χ1v) is 8.16. The van der Waals surface area contributed by atoms with E-state index in [0.29, 0.717) is 18.2 Å². The van der Waals surface area contributed by atoms with Crippen molar-refractivity contribution in [2.24, 2.45) is 5.92 Å². The Balaban J connectivity index is 1.78. The molecule has 122 valence electrons. The van der Waals surface area contributed by atoms with Gasteiger partial charge in [-0.3, -0.25) is 4.79 Å². The van der Waals surface area contributed by atoms with E-state index in [1.165, 1.54) is 0 Å². The van der Waals surface area contributed by atoms with E-state index in [1.54, 1.807) is 6.92 Å². The molecule has 0 aromatic heterocycles. The predicted octanol–water partition coefficient (Wildman–Crippen LogP) is 0.396. The van der Waals surface area contributed by atoms with E-state index in [4.69, 9.17) is 0 Å². The van der Waals surface area contributed by atoms with Crippen molar-refractivity contribution in [2.45, 2.75) is 57.2 Å². The van der Waals surface area contributed by atoms with E-state index < -0.39 is 11.5 Å². The van der Waals surface area contributed by atoms with Gasteiger partial charge in [0.1, 0.15) is 11.2 Å². The summed E-state index contributed by atoms with van der Waals surface area (Å²) in [5, 5.41) is 19.3. The average Bonchev–Trinajstić information content (AvgIpc) is 3.08. The summed E-state index contributed by atoms with van der Waals surface area (Å²) in [5.74, 6) is -0.601. The van der Waals surface area contributed by atoms with Gasteiger partial charge in [0.05, 0.1) is 6.04 Å². The molecule has 0 aliphatic carbocycles. The SMILES string of the molecule is CC(=O)[C@]1([C@H]2CC(C[C@@H]3CCCN3)=C(C(=O)O)N2)NC[C@@H]1C. The lowest BCUT2D eigenvalue weighted by atomic mass is 9.68. The predicted molar refractivity (Wildman–Crippen MR) is 82.4 cm³/mol. The summed E-state index contributed by atoms with van der Waals surface area (Å²) in [4.78, 5) is 23.8. The Morgan fingerprint density at radius 2 is 2.18 bits per heavy atom. The number of carboxylic acid groups (broad SMARTS) is 1. The van der Waals surface area contributed by atoms with Crippen molar-refractivity contribution in [3.05, 3.63) is 11.3 Å². The molecule has 3 heterocycles. The van der Waals surface area contributed by atoms with E-state index in [1.807, 2.05) is 0 Å². The number of hydrogen-bond acceptors (Lipinski definition) is 5. The zero-order valence-electron chi connectivity index (χ0n) is 13.2. The van der Waals surface area contributed by atoms with Crippen LogP contribution in [0, 0.1) is 5.92 Å². The number of rotatable bonds is 5. The summed E-state index contributed by atoms with van der Waals surface area (Å²) in [5.41, 5.74) is 0.629. The molecule has 6 nitrogen and oxygen atoms in total. The van der Waals surface area contributed by atoms with Gasteiger partial charge in [-0.1, -0.05) is 6.92 Å². The normalized spacial score (nSPS) is 37.8. The van der Waals surface area contributed by atoms with Gasteiger partial charge in [-0.25, -0.2) is 4.79 Å². The first kappa shape index (κ1) is 15.5. The maximum absolute atomic E-state index is 12.2. The number of carbonyl (C=O) groups is 2. The van der Waals surface area contributed by atoms with Crippen molar-refractivity contribution in [1.82, 2.24) is 16.0 Å². The lowest BCUT2D eigenvalue weighted by Gasteiger charge is -2.51. The van der Waals surface area contributed by atoms with Crippen LogP contribution >= 0.6 is 0 Å². The Bertz CT molecular complexity index is 525. The lowest BCUT2D eigenvalue weighted by molar-refractivity contribution is -0.134. The van der Waals surface area contributed by atoms with Gasteiger partial charge < -0.3 is 21.1 Å². The Morgan fingerprint density at radius 3 is 2.64 bits per heavy atom. The van der Waals surface area contributed by atoms with Gasteiger partial charge in [0.15, 0.2) is 5.78 Å². The highest BCUT2D eigenvalue weighted by molar-refractivity contribution is 5.91. The summed E-state index contributed by atoms with van der Waals surface area (Å²) >= 11 is 0. The molecule has 0 bridgehead atoms. The van der Waals surface area contributed by atoms with E-state index in [2.05, 4.69) is 22.9 Å². The third-order valence-electron chi connectivity index (χ3n) is 5.60. The first-order chi connectivity index (χ1) is 10.4. The van der Waals surface area contributed by atoms with Gasteiger partial charge in [0.25, 0.3) is 0 Å². The molecule has 22 heavy (non-hydrogen) atoms. The Hall–Kier alpha value is -1.40. The van der Waals surface area contributed by atoms with Gasteiger partial charge in [-0.15, -0.1) is 0 Å². The molecule has 3 rings (SSSR count). The average molecular weight is 307 g/mol. The van der Waals surface area contributed by atoms with Gasteiger partial charge in [-0.2, -0.15) is 0 Å². The van der Waals surface area contributed by atoms with Crippen LogP contribution in [0.1, 0.15) is 39.5 Å². The second kappa shape index (κ2) is 5.66. The fraction of sp³-hybridized carbons (Fsp3) is 0.750. The number of carboxylic acids is 1. The van der Waals surface area contributed by atoms with Crippen LogP contribution in [0.25, 0.3) is 0 Å². The Kier molecular flexibility index (Phi) is 3.99. The molecular weight excluding hydrogens is 282 g/mol.